The number of Topliss-reactive ketones (excluding diaryl/α,β-unsaturated/α-hetero) is 1. The molecule has 0 spiro atoms. The fourth-order valence-electron chi connectivity index (χ4n) is 2.27. The van der Waals surface area contributed by atoms with Crippen molar-refractivity contribution in [2.75, 3.05) is 13.7 Å². The van der Waals surface area contributed by atoms with E-state index in [1.807, 2.05) is 6.07 Å². The Morgan fingerprint density at radius 3 is 2.89 bits per heavy atom. The van der Waals surface area contributed by atoms with Crippen molar-refractivity contribution in [3.63, 3.8) is 0 Å². The zero-order chi connectivity index (χ0) is 13.1. The van der Waals surface area contributed by atoms with Crippen LogP contribution in [-0.2, 0) is 16.0 Å². The van der Waals surface area contributed by atoms with Crippen LogP contribution in [0.4, 0.5) is 0 Å². The van der Waals surface area contributed by atoms with E-state index in [1.165, 1.54) is 0 Å². The lowest BCUT2D eigenvalue weighted by Crippen LogP contribution is -2.16. The van der Waals surface area contributed by atoms with E-state index in [1.54, 1.807) is 26.2 Å². The van der Waals surface area contributed by atoms with Gasteiger partial charge >= 0.3 is 5.97 Å². The first kappa shape index (κ1) is 12.6. The Labute approximate surface area is 106 Å². The summed E-state index contributed by atoms with van der Waals surface area (Å²) >= 11 is 0. The van der Waals surface area contributed by atoms with Crippen LogP contribution in [0.25, 0.3) is 0 Å². The molecular weight excluding hydrogens is 232 g/mol. The molecule has 96 valence electrons. The first-order valence-corrected chi connectivity index (χ1v) is 6.02. The molecule has 4 heteroatoms. The number of ether oxygens (including phenoxy) is 2. The maximum absolute atomic E-state index is 12.1. The quantitative estimate of drug-likeness (QED) is 0.765. The van der Waals surface area contributed by atoms with Crippen LogP contribution in [-0.4, -0.2) is 25.5 Å². The number of hydrogen-bond acceptors (Lipinski definition) is 4. The highest BCUT2D eigenvalue weighted by Crippen LogP contribution is 2.31. The molecule has 0 saturated heterocycles. The number of carbonyl (C=O) groups is 2. The van der Waals surface area contributed by atoms with Gasteiger partial charge < -0.3 is 9.47 Å². The van der Waals surface area contributed by atoms with Crippen LogP contribution in [0.1, 0.15) is 29.3 Å². The summed E-state index contributed by atoms with van der Waals surface area (Å²) in [4.78, 5) is 23.5. The summed E-state index contributed by atoms with van der Waals surface area (Å²) in [5.74, 6) is 0.167. The molecule has 1 aliphatic carbocycles. The van der Waals surface area contributed by atoms with E-state index in [9.17, 15) is 9.59 Å². The number of fused-ring (bicyclic) bond motifs is 1. The Morgan fingerprint density at radius 2 is 2.22 bits per heavy atom. The van der Waals surface area contributed by atoms with Crippen molar-refractivity contribution in [3.05, 3.63) is 29.3 Å². The second kappa shape index (κ2) is 5.21. The second-order valence-corrected chi connectivity index (χ2v) is 4.30. The average molecular weight is 248 g/mol. The smallest absolute Gasteiger partial charge is 0.306 e. The Hall–Kier alpha value is -1.84. The predicted octanol–water partition coefficient (Wildman–Crippen LogP) is 2.00. The van der Waals surface area contributed by atoms with Crippen molar-refractivity contribution < 1.29 is 19.1 Å². The molecule has 0 bridgehead atoms. The van der Waals surface area contributed by atoms with Gasteiger partial charge in [0.05, 0.1) is 20.1 Å². The lowest BCUT2D eigenvalue weighted by molar-refractivity contribution is -0.143. The molecule has 0 aliphatic heterocycles. The van der Waals surface area contributed by atoms with Crippen LogP contribution in [0.5, 0.6) is 5.75 Å². The highest BCUT2D eigenvalue weighted by molar-refractivity contribution is 6.03. The van der Waals surface area contributed by atoms with E-state index in [2.05, 4.69) is 0 Å². The SMILES string of the molecule is CCOC(=O)CC1Cc2cc(OC)ccc2C1=O. The van der Waals surface area contributed by atoms with E-state index in [0.717, 1.165) is 11.3 Å². The Kier molecular flexibility index (Phi) is 3.65. The lowest BCUT2D eigenvalue weighted by Gasteiger charge is -2.06. The zero-order valence-electron chi connectivity index (χ0n) is 10.6. The molecule has 1 aromatic rings. The van der Waals surface area contributed by atoms with E-state index in [4.69, 9.17) is 9.47 Å². The molecular formula is C14H16O4. The summed E-state index contributed by atoms with van der Waals surface area (Å²) in [6, 6.07) is 5.39. The van der Waals surface area contributed by atoms with Crippen LogP contribution in [0, 0.1) is 5.92 Å². The van der Waals surface area contributed by atoms with Crippen LogP contribution in [0.15, 0.2) is 18.2 Å². The first-order valence-electron chi connectivity index (χ1n) is 6.02. The van der Waals surface area contributed by atoms with Crippen molar-refractivity contribution in [1.29, 1.82) is 0 Å². The molecule has 0 saturated carbocycles. The van der Waals surface area contributed by atoms with Crippen molar-refractivity contribution in [3.8, 4) is 5.75 Å². The normalized spacial score (nSPS) is 17.4. The molecule has 1 atom stereocenters. The number of rotatable bonds is 4. The third kappa shape index (κ3) is 2.37. The van der Waals surface area contributed by atoms with E-state index in [0.29, 0.717) is 18.6 Å². The Morgan fingerprint density at radius 1 is 1.44 bits per heavy atom. The van der Waals surface area contributed by atoms with Crippen molar-refractivity contribution >= 4 is 11.8 Å². The molecule has 0 amide bonds. The maximum Gasteiger partial charge on any atom is 0.306 e. The predicted molar refractivity (Wildman–Crippen MR) is 65.8 cm³/mol. The van der Waals surface area contributed by atoms with Crippen LogP contribution in [0.3, 0.4) is 0 Å². The standard InChI is InChI=1S/C14H16O4/c1-3-18-13(15)8-10-6-9-7-11(17-2)4-5-12(9)14(10)16/h4-5,7,10H,3,6,8H2,1-2H3. The van der Waals surface area contributed by atoms with E-state index >= 15 is 0 Å². The van der Waals surface area contributed by atoms with Crippen molar-refractivity contribution in [2.24, 2.45) is 5.92 Å². The van der Waals surface area contributed by atoms with Crippen LogP contribution >= 0.6 is 0 Å². The molecule has 0 heterocycles. The average Bonchev–Trinajstić information content (AvgIpc) is 2.66. The molecule has 1 aliphatic rings. The third-order valence-corrected chi connectivity index (χ3v) is 3.13. The first-order chi connectivity index (χ1) is 8.65. The van der Waals surface area contributed by atoms with Gasteiger partial charge in [0.1, 0.15) is 5.75 Å². The fourth-order valence-corrected chi connectivity index (χ4v) is 2.27. The molecule has 4 nitrogen and oxygen atoms in total. The molecule has 18 heavy (non-hydrogen) atoms. The summed E-state index contributed by atoms with van der Waals surface area (Å²) in [6.07, 6.45) is 0.744. The molecule has 0 N–H and O–H groups in total. The largest absolute Gasteiger partial charge is 0.497 e. The summed E-state index contributed by atoms with van der Waals surface area (Å²) in [5, 5.41) is 0. The second-order valence-electron chi connectivity index (χ2n) is 4.30. The maximum atomic E-state index is 12.1. The van der Waals surface area contributed by atoms with Gasteiger partial charge in [-0.15, -0.1) is 0 Å². The molecule has 0 aromatic heterocycles. The Balaban J connectivity index is 2.12. The van der Waals surface area contributed by atoms with Gasteiger partial charge in [-0.05, 0) is 37.1 Å². The van der Waals surface area contributed by atoms with Gasteiger partial charge in [-0.2, -0.15) is 0 Å². The van der Waals surface area contributed by atoms with Gasteiger partial charge in [-0.3, -0.25) is 9.59 Å². The van der Waals surface area contributed by atoms with E-state index < -0.39 is 0 Å². The fraction of sp³-hybridized carbons (Fsp3) is 0.429. The van der Waals surface area contributed by atoms with E-state index in [-0.39, 0.29) is 24.1 Å². The number of hydrogen-bond donors (Lipinski definition) is 0. The van der Waals surface area contributed by atoms with Gasteiger partial charge in [0.25, 0.3) is 0 Å². The minimum Gasteiger partial charge on any atom is -0.497 e. The van der Waals surface area contributed by atoms with Gasteiger partial charge in [-0.1, -0.05) is 0 Å². The minimum absolute atomic E-state index is 0.0284. The summed E-state index contributed by atoms with van der Waals surface area (Å²) in [5.41, 5.74) is 1.65. The molecule has 0 radical (unpaired) electrons. The summed E-state index contributed by atoms with van der Waals surface area (Å²) < 4.78 is 10.0. The topological polar surface area (TPSA) is 52.6 Å². The highest BCUT2D eigenvalue weighted by atomic mass is 16.5. The third-order valence-electron chi connectivity index (χ3n) is 3.13. The molecule has 0 fully saturated rings. The van der Waals surface area contributed by atoms with Crippen molar-refractivity contribution in [1.82, 2.24) is 0 Å². The summed E-state index contributed by atoms with van der Waals surface area (Å²) in [7, 11) is 1.59. The number of methoxy groups -OCH3 is 1. The van der Waals surface area contributed by atoms with Gasteiger partial charge in [-0.25, -0.2) is 0 Å². The van der Waals surface area contributed by atoms with Gasteiger partial charge in [0.15, 0.2) is 5.78 Å². The lowest BCUT2D eigenvalue weighted by atomic mass is 10.0. The van der Waals surface area contributed by atoms with Crippen molar-refractivity contribution in [2.45, 2.75) is 19.8 Å². The van der Waals surface area contributed by atoms with Gasteiger partial charge in [0, 0.05) is 11.5 Å². The molecule has 1 aromatic carbocycles. The highest BCUT2D eigenvalue weighted by Gasteiger charge is 2.32. The number of esters is 1. The number of ketones is 1. The zero-order valence-corrected chi connectivity index (χ0v) is 10.6. The Bertz CT molecular complexity index is 479. The minimum atomic E-state index is -0.310. The molecule has 2 rings (SSSR count). The number of benzene rings is 1. The number of carbonyl (C=O) groups excluding carboxylic acids is 2. The van der Waals surface area contributed by atoms with Crippen LogP contribution < -0.4 is 4.74 Å². The van der Waals surface area contributed by atoms with Gasteiger partial charge in [0.2, 0.25) is 0 Å². The molecule has 1 unspecified atom stereocenters. The monoisotopic (exact) mass is 248 g/mol. The summed E-state index contributed by atoms with van der Waals surface area (Å²) in [6.45, 7) is 2.11. The van der Waals surface area contributed by atoms with Crippen LogP contribution in [0.2, 0.25) is 0 Å².